The molecular weight excluding hydrogens is 283 g/mol. The van der Waals surface area contributed by atoms with Gasteiger partial charge in [0.2, 0.25) is 0 Å². The molecule has 0 saturated carbocycles. The smallest absolute Gasteiger partial charge is 0.165 e. The first-order chi connectivity index (χ1) is 10.7. The second-order valence-corrected chi connectivity index (χ2v) is 6.18. The second-order valence-electron chi connectivity index (χ2n) is 6.18. The summed E-state index contributed by atoms with van der Waals surface area (Å²) in [7, 11) is 1.49. The van der Waals surface area contributed by atoms with Crippen molar-refractivity contribution in [3.8, 4) is 5.75 Å². The van der Waals surface area contributed by atoms with Gasteiger partial charge in [0.05, 0.1) is 13.2 Å². The van der Waals surface area contributed by atoms with Gasteiger partial charge in [-0.2, -0.15) is 0 Å². The van der Waals surface area contributed by atoms with Gasteiger partial charge >= 0.3 is 0 Å². The molecular formula is C17H25FN2O2. The molecule has 2 saturated heterocycles. The van der Waals surface area contributed by atoms with E-state index in [0.717, 1.165) is 51.4 Å². The number of benzene rings is 1. The molecule has 0 N–H and O–H groups in total. The summed E-state index contributed by atoms with van der Waals surface area (Å²) in [5, 5.41) is 0. The summed E-state index contributed by atoms with van der Waals surface area (Å²) in [4.78, 5) is 4.87. The van der Waals surface area contributed by atoms with E-state index in [9.17, 15) is 4.39 Å². The standard InChI is InChI=1S/C17H25FN2O2/c1-21-17-5-4-14(11-16(17)18)12-19-6-8-20(9-7-19)13-15-3-2-10-22-15/h4-5,11,15H,2-3,6-10,12-13H2,1H3/t15-/m0/s1. The molecule has 0 radical (unpaired) electrons. The predicted octanol–water partition coefficient (Wildman–Crippen LogP) is 2.13. The summed E-state index contributed by atoms with van der Waals surface area (Å²) in [5.41, 5.74) is 1.01. The Labute approximate surface area is 131 Å². The van der Waals surface area contributed by atoms with Crippen LogP contribution in [0.25, 0.3) is 0 Å². The van der Waals surface area contributed by atoms with E-state index < -0.39 is 0 Å². The van der Waals surface area contributed by atoms with Crippen LogP contribution in [-0.2, 0) is 11.3 Å². The third-order valence-corrected chi connectivity index (χ3v) is 4.57. The van der Waals surface area contributed by atoms with Crippen molar-refractivity contribution >= 4 is 0 Å². The number of hydrogen-bond donors (Lipinski definition) is 0. The van der Waals surface area contributed by atoms with Crippen LogP contribution in [0, 0.1) is 5.82 Å². The van der Waals surface area contributed by atoms with Crippen LogP contribution in [0.5, 0.6) is 5.75 Å². The third-order valence-electron chi connectivity index (χ3n) is 4.57. The number of halogens is 1. The first-order valence-electron chi connectivity index (χ1n) is 8.13. The van der Waals surface area contributed by atoms with Crippen LogP contribution in [-0.4, -0.2) is 62.3 Å². The molecule has 22 heavy (non-hydrogen) atoms. The molecule has 0 unspecified atom stereocenters. The lowest BCUT2D eigenvalue weighted by Gasteiger charge is -2.35. The van der Waals surface area contributed by atoms with Crippen LogP contribution in [0.15, 0.2) is 18.2 Å². The molecule has 2 aliphatic heterocycles. The van der Waals surface area contributed by atoms with Gasteiger partial charge < -0.3 is 9.47 Å². The maximum atomic E-state index is 13.7. The molecule has 3 rings (SSSR count). The number of nitrogens with zero attached hydrogens (tertiary/aromatic N) is 2. The molecule has 2 aliphatic rings. The third kappa shape index (κ3) is 3.97. The van der Waals surface area contributed by atoms with Crippen LogP contribution in [0.2, 0.25) is 0 Å². The van der Waals surface area contributed by atoms with Crippen molar-refractivity contribution in [1.29, 1.82) is 0 Å². The molecule has 0 spiro atoms. The molecule has 122 valence electrons. The van der Waals surface area contributed by atoms with Crippen molar-refractivity contribution in [2.24, 2.45) is 0 Å². The molecule has 0 amide bonds. The summed E-state index contributed by atoms with van der Waals surface area (Å²) in [6.07, 6.45) is 2.83. The molecule has 0 aromatic heterocycles. The predicted molar refractivity (Wildman–Crippen MR) is 83.6 cm³/mol. The Morgan fingerprint density at radius 1 is 1.23 bits per heavy atom. The fourth-order valence-electron chi connectivity index (χ4n) is 3.27. The van der Waals surface area contributed by atoms with E-state index in [-0.39, 0.29) is 5.82 Å². The first-order valence-corrected chi connectivity index (χ1v) is 8.13. The zero-order chi connectivity index (χ0) is 15.4. The average Bonchev–Trinajstić information content (AvgIpc) is 3.02. The van der Waals surface area contributed by atoms with Gasteiger partial charge in [-0.15, -0.1) is 0 Å². The number of methoxy groups -OCH3 is 1. The van der Waals surface area contributed by atoms with E-state index >= 15 is 0 Å². The van der Waals surface area contributed by atoms with E-state index in [2.05, 4.69) is 9.80 Å². The summed E-state index contributed by atoms with van der Waals surface area (Å²) >= 11 is 0. The minimum Gasteiger partial charge on any atom is -0.494 e. The first kappa shape index (κ1) is 15.7. The maximum Gasteiger partial charge on any atom is 0.165 e. The molecule has 5 heteroatoms. The number of piperazine rings is 1. The van der Waals surface area contributed by atoms with Gasteiger partial charge in [-0.1, -0.05) is 6.07 Å². The van der Waals surface area contributed by atoms with Gasteiger partial charge in [0, 0.05) is 45.9 Å². The Bertz CT molecular complexity index is 484. The van der Waals surface area contributed by atoms with Crippen LogP contribution in [0.4, 0.5) is 4.39 Å². The Morgan fingerprint density at radius 2 is 2.00 bits per heavy atom. The van der Waals surface area contributed by atoms with Crippen molar-refractivity contribution in [2.45, 2.75) is 25.5 Å². The summed E-state index contributed by atoms with van der Waals surface area (Å²) in [5.74, 6) is 0.0298. The van der Waals surface area contributed by atoms with Crippen molar-refractivity contribution < 1.29 is 13.9 Å². The molecule has 1 aromatic carbocycles. The van der Waals surface area contributed by atoms with E-state index in [0.29, 0.717) is 11.9 Å². The summed E-state index contributed by atoms with van der Waals surface area (Å²) in [6, 6.07) is 5.23. The quantitative estimate of drug-likeness (QED) is 0.832. The fraction of sp³-hybridized carbons (Fsp3) is 0.647. The highest BCUT2D eigenvalue weighted by atomic mass is 19.1. The molecule has 1 atom stereocenters. The molecule has 2 fully saturated rings. The number of hydrogen-bond acceptors (Lipinski definition) is 4. The Kier molecular flexibility index (Phi) is 5.28. The molecule has 0 aliphatic carbocycles. The van der Waals surface area contributed by atoms with Gasteiger partial charge in [-0.25, -0.2) is 4.39 Å². The van der Waals surface area contributed by atoms with E-state index in [1.165, 1.54) is 20.0 Å². The number of ether oxygens (including phenoxy) is 2. The SMILES string of the molecule is COc1ccc(CN2CCN(C[C@@H]3CCCO3)CC2)cc1F. The lowest BCUT2D eigenvalue weighted by Crippen LogP contribution is -2.48. The fourth-order valence-corrected chi connectivity index (χ4v) is 3.27. The van der Waals surface area contributed by atoms with Crippen LogP contribution >= 0.6 is 0 Å². The van der Waals surface area contributed by atoms with Crippen molar-refractivity contribution in [2.75, 3.05) is 46.4 Å². The van der Waals surface area contributed by atoms with Gasteiger partial charge in [0.15, 0.2) is 11.6 Å². The van der Waals surface area contributed by atoms with E-state index in [1.807, 2.05) is 6.07 Å². The minimum atomic E-state index is -0.281. The lowest BCUT2D eigenvalue weighted by molar-refractivity contribution is 0.0489. The molecule has 4 nitrogen and oxygen atoms in total. The van der Waals surface area contributed by atoms with Gasteiger partial charge in [0.1, 0.15) is 0 Å². The van der Waals surface area contributed by atoms with Gasteiger partial charge in [-0.05, 0) is 30.5 Å². The normalized spacial score (nSPS) is 23.8. The molecule has 2 heterocycles. The monoisotopic (exact) mass is 308 g/mol. The summed E-state index contributed by atoms with van der Waals surface area (Å²) < 4.78 is 24.4. The zero-order valence-corrected chi connectivity index (χ0v) is 13.3. The average molecular weight is 308 g/mol. The minimum absolute atomic E-state index is 0.281. The van der Waals surface area contributed by atoms with Crippen LogP contribution < -0.4 is 4.74 Å². The summed E-state index contributed by atoms with van der Waals surface area (Å²) in [6.45, 7) is 6.98. The Hall–Kier alpha value is -1.17. The van der Waals surface area contributed by atoms with E-state index in [1.54, 1.807) is 12.1 Å². The molecule has 0 bridgehead atoms. The highest BCUT2D eigenvalue weighted by molar-refractivity contribution is 5.29. The highest BCUT2D eigenvalue weighted by Crippen LogP contribution is 2.19. The van der Waals surface area contributed by atoms with Gasteiger partial charge in [0.25, 0.3) is 0 Å². The topological polar surface area (TPSA) is 24.9 Å². The van der Waals surface area contributed by atoms with Gasteiger partial charge in [-0.3, -0.25) is 9.80 Å². The van der Waals surface area contributed by atoms with Crippen molar-refractivity contribution in [1.82, 2.24) is 9.80 Å². The highest BCUT2D eigenvalue weighted by Gasteiger charge is 2.22. The second kappa shape index (κ2) is 7.40. The largest absolute Gasteiger partial charge is 0.494 e. The maximum absolute atomic E-state index is 13.7. The Balaban J connectivity index is 1.46. The van der Waals surface area contributed by atoms with Crippen LogP contribution in [0.3, 0.4) is 0 Å². The van der Waals surface area contributed by atoms with Crippen molar-refractivity contribution in [3.05, 3.63) is 29.6 Å². The molecule has 1 aromatic rings. The zero-order valence-electron chi connectivity index (χ0n) is 13.3. The number of rotatable bonds is 5. The van der Waals surface area contributed by atoms with E-state index in [4.69, 9.17) is 9.47 Å². The Morgan fingerprint density at radius 3 is 2.64 bits per heavy atom. The lowest BCUT2D eigenvalue weighted by atomic mass is 10.1. The van der Waals surface area contributed by atoms with Crippen LogP contribution in [0.1, 0.15) is 18.4 Å². The van der Waals surface area contributed by atoms with Crippen molar-refractivity contribution in [3.63, 3.8) is 0 Å².